The van der Waals surface area contributed by atoms with Gasteiger partial charge in [-0.15, -0.1) is 0 Å². The zero-order chi connectivity index (χ0) is 15.4. The number of hydrogen-bond acceptors (Lipinski definition) is 6. The van der Waals surface area contributed by atoms with Crippen molar-refractivity contribution in [1.29, 1.82) is 5.26 Å². The number of nitriles is 1. The van der Waals surface area contributed by atoms with Crippen LogP contribution in [0.5, 0.6) is 0 Å². The number of nitrogens with one attached hydrogen (secondary N) is 2. The lowest BCUT2D eigenvalue weighted by atomic mass is 9.97. The highest BCUT2D eigenvalue weighted by Crippen LogP contribution is 2.25. The highest BCUT2D eigenvalue weighted by molar-refractivity contribution is 5.94. The van der Waals surface area contributed by atoms with Crippen molar-refractivity contribution in [1.82, 2.24) is 10.1 Å². The van der Waals surface area contributed by atoms with Crippen molar-refractivity contribution in [3.8, 4) is 6.07 Å². The van der Waals surface area contributed by atoms with Crippen LogP contribution < -0.4 is 10.9 Å². The van der Waals surface area contributed by atoms with Crippen molar-refractivity contribution in [3.63, 3.8) is 0 Å². The van der Waals surface area contributed by atoms with Crippen LogP contribution in [-0.2, 0) is 4.79 Å². The van der Waals surface area contributed by atoms with Crippen LogP contribution in [-0.4, -0.2) is 21.2 Å². The third kappa shape index (κ3) is 3.16. The maximum Gasteiger partial charge on any atom is 0.249 e. The van der Waals surface area contributed by atoms with E-state index in [1.54, 1.807) is 13.0 Å². The first-order chi connectivity index (χ1) is 10.0. The van der Waals surface area contributed by atoms with E-state index in [2.05, 4.69) is 15.5 Å². The molecular weight excluding hydrogens is 276 g/mol. The fourth-order valence-corrected chi connectivity index (χ4v) is 1.78. The molecule has 108 valence electrons. The topological polar surface area (TPSA) is 132 Å². The Labute approximate surface area is 119 Å². The number of rotatable bonds is 4. The molecule has 0 fully saturated rings. The number of carbonyl (C=O) groups excluding carboxylic acids is 1. The quantitative estimate of drug-likeness (QED) is 0.749. The Hall–Kier alpha value is -2.92. The molecular formula is C13H12N4O4. The van der Waals surface area contributed by atoms with Crippen LogP contribution in [0.25, 0.3) is 0 Å². The highest BCUT2D eigenvalue weighted by Gasteiger charge is 2.30. The van der Waals surface area contributed by atoms with Crippen LogP contribution in [0.15, 0.2) is 33.8 Å². The number of pyridine rings is 1. The first kappa shape index (κ1) is 14.5. The molecule has 2 unspecified atom stereocenters. The molecule has 2 atom stereocenters. The monoisotopic (exact) mass is 288 g/mol. The fourth-order valence-electron chi connectivity index (χ4n) is 1.78. The molecule has 3 N–H and O–H groups in total. The third-order valence-electron chi connectivity index (χ3n) is 2.89. The summed E-state index contributed by atoms with van der Waals surface area (Å²) in [4.78, 5) is 25.6. The largest absolute Gasteiger partial charge is 0.386 e. The van der Waals surface area contributed by atoms with Gasteiger partial charge in [0, 0.05) is 23.5 Å². The summed E-state index contributed by atoms with van der Waals surface area (Å²) in [7, 11) is 0. The van der Waals surface area contributed by atoms with Crippen molar-refractivity contribution >= 4 is 11.6 Å². The van der Waals surface area contributed by atoms with E-state index in [1.807, 2.05) is 0 Å². The van der Waals surface area contributed by atoms with Crippen molar-refractivity contribution in [3.05, 3.63) is 46.2 Å². The van der Waals surface area contributed by atoms with Crippen LogP contribution in [0.1, 0.15) is 17.4 Å². The first-order valence-electron chi connectivity index (χ1n) is 6.01. The summed E-state index contributed by atoms with van der Waals surface area (Å²) in [5.41, 5.74) is 0.109. The minimum Gasteiger partial charge on any atom is -0.386 e. The molecule has 0 spiro atoms. The number of aryl methyl sites for hydroxylation is 1. The molecule has 0 saturated carbocycles. The second kappa shape index (κ2) is 6.02. The molecule has 0 saturated heterocycles. The Kier molecular flexibility index (Phi) is 4.15. The van der Waals surface area contributed by atoms with Gasteiger partial charge in [-0.25, -0.2) is 0 Å². The number of carbonyl (C=O) groups is 1. The molecule has 21 heavy (non-hydrogen) atoms. The minimum absolute atomic E-state index is 0.234. The van der Waals surface area contributed by atoms with Gasteiger partial charge in [-0.1, -0.05) is 5.16 Å². The van der Waals surface area contributed by atoms with Crippen molar-refractivity contribution < 1.29 is 14.4 Å². The van der Waals surface area contributed by atoms with E-state index in [4.69, 9.17) is 9.78 Å². The number of aliphatic hydroxyl groups excluding tert-OH is 1. The summed E-state index contributed by atoms with van der Waals surface area (Å²) < 4.78 is 4.80. The van der Waals surface area contributed by atoms with Gasteiger partial charge < -0.3 is 19.9 Å². The van der Waals surface area contributed by atoms with E-state index in [0.717, 1.165) is 0 Å². The average Bonchev–Trinajstić information content (AvgIpc) is 2.85. The number of nitrogens with zero attached hydrogens (tertiary/aromatic N) is 2. The molecule has 0 aliphatic heterocycles. The minimum atomic E-state index is -1.37. The molecule has 2 rings (SSSR count). The Bertz CT molecular complexity index is 743. The molecule has 1 amide bonds. The zero-order valence-corrected chi connectivity index (χ0v) is 11.0. The van der Waals surface area contributed by atoms with Crippen LogP contribution >= 0.6 is 0 Å². The van der Waals surface area contributed by atoms with E-state index in [0.29, 0.717) is 5.76 Å². The molecule has 0 radical (unpaired) electrons. The second-order valence-corrected chi connectivity index (χ2v) is 4.32. The molecule has 2 aromatic rings. The van der Waals surface area contributed by atoms with Gasteiger partial charge in [-0.2, -0.15) is 5.26 Å². The molecule has 8 nitrogen and oxygen atoms in total. The maximum absolute atomic E-state index is 12.0. The van der Waals surface area contributed by atoms with E-state index in [-0.39, 0.29) is 11.3 Å². The standard InChI is InChI=1S/C13H12N4O4/c1-7-10(6-16-21-7)12(19)9(5-14)13(20)17-8-2-3-15-11(18)4-8/h2-4,6,9,12,19H,1H3,(H2,15,17,18,20). The highest BCUT2D eigenvalue weighted by atomic mass is 16.5. The smallest absolute Gasteiger partial charge is 0.249 e. The zero-order valence-electron chi connectivity index (χ0n) is 11.0. The summed E-state index contributed by atoms with van der Waals surface area (Å²) >= 11 is 0. The van der Waals surface area contributed by atoms with Crippen LogP contribution in [0.3, 0.4) is 0 Å². The summed E-state index contributed by atoms with van der Waals surface area (Å²) in [6.07, 6.45) is 1.24. The predicted octanol–water partition coefficient (Wildman–Crippen LogP) is 0.483. The third-order valence-corrected chi connectivity index (χ3v) is 2.89. The van der Waals surface area contributed by atoms with Crippen LogP contribution in [0, 0.1) is 24.2 Å². The van der Waals surface area contributed by atoms with Crippen LogP contribution in [0.2, 0.25) is 0 Å². The Morgan fingerprint density at radius 2 is 2.38 bits per heavy atom. The Morgan fingerprint density at radius 1 is 1.62 bits per heavy atom. The van der Waals surface area contributed by atoms with E-state index in [9.17, 15) is 14.7 Å². The lowest BCUT2D eigenvalue weighted by Gasteiger charge is -2.15. The Morgan fingerprint density at radius 3 is 2.95 bits per heavy atom. The molecule has 0 aliphatic carbocycles. The first-order valence-corrected chi connectivity index (χ1v) is 6.01. The molecule has 2 heterocycles. The van der Waals surface area contributed by atoms with E-state index < -0.39 is 23.5 Å². The normalized spacial score (nSPS) is 13.2. The Balaban J connectivity index is 2.18. The van der Waals surface area contributed by atoms with Crippen molar-refractivity contribution in [2.45, 2.75) is 13.0 Å². The lowest BCUT2D eigenvalue weighted by molar-refractivity contribution is -0.121. The van der Waals surface area contributed by atoms with Gasteiger partial charge in [0.1, 0.15) is 11.9 Å². The number of aliphatic hydroxyl groups is 1. The molecule has 0 aliphatic rings. The van der Waals surface area contributed by atoms with Gasteiger partial charge in [-0.05, 0) is 13.0 Å². The number of hydrogen-bond donors (Lipinski definition) is 3. The second-order valence-electron chi connectivity index (χ2n) is 4.32. The number of aromatic amines is 1. The molecule has 2 aromatic heterocycles. The SMILES string of the molecule is Cc1oncc1C(O)C(C#N)C(=O)Nc1cc[nH]c(=O)c1. The van der Waals surface area contributed by atoms with Crippen LogP contribution in [0.4, 0.5) is 5.69 Å². The van der Waals surface area contributed by atoms with Gasteiger partial charge in [-0.3, -0.25) is 9.59 Å². The van der Waals surface area contributed by atoms with Gasteiger partial charge in [0.25, 0.3) is 0 Å². The van der Waals surface area contributed by atoms with Gasteiger partial charge in [0.05, 0.1) is 12.3 Å². The number of anilines is 1. The number of amides is 1. The fraction of sp³-hybridized carbons (Fsp3) is 0.231. The van der Waals surface area contributed by atoms with Gasteiger partial charge >= 0.3 is 0 Å². The van der Waals surface area contributed by atoms with E-state index >= 15 is 0 Å². The molecule has 0 bridgehead atoms. The van der Waals surface area contributed by atoms with E-state index in [1.165, 1.54) is 24.5 Å². The van der Waals surface area contributed by atoms with Gasteiger partial charge in [0.15, 0.2) is 5.92 Å². The number of aromatic nitrogens is 2. The summed E-state index contributed by atoms with van der Waals surface area (Å²) in [5, 5.41) is 25.1. The predicted molar refractivity (Wildman–Crippen MR) is 71.0 cm³/mol. The summed E-state index contributed by atoms with van der Waals surface area (Å²) in [6.45, 7) is 1.56. The maximum atomic E-state index is 12.0. The summed E-state index contributed by atoms with van der Waals surface area (Å²) in [5.74, 6) is -1.76. The molecule has 0 aromatic carbocycles. The van der Waals surface area contributed by atoms with Crippen molar-refractivity contribution in [2.75, 3.05) is 5.32 Å². The number of H-pyrrole nitrogens is 1. The van der Waals surface area contributed by atoms with Crippen molar-refractivity contribution in [2.24, 2.45) is 5.92 Å². The average molecular weight is 288 g/mol. The lowest BCUT2D eigenvalue weighted by Crippen LogP contribution is -2.27. The molecule has 8 heteroatoms. The van der Waals surface area contributed by atoms with Gasteiger partial charge in [0.2, 0.25) is 11.5 Å². The summed E-state index contributed by atoms with van der Waals surface area (Å²) in [6, 6.07) is 4.37.